The molecule has 0 heterocycles. The highest BCUT2D eigenvalue weighted by Gasteiger charge is 2.21. The first kappa shape index (κ1) is 17.7. The Kier molecular flexibility index (Phi) is 5.74. The summed E-state index contributed by atoms with van der Waals surface area (Å²) in [5, 5.41) is 2.88. The normalized spacial score (nSPS) is 11.7. The molecule has 0 aliphatic heterocycles. The first-order valence-corrected chi connectivity index (χ1v) is 8.10. The summed E-state index contributed by atoms with van der Waals surface area (Å²) in [6.07, 6.45) is -0.0595. The summed E-state index contributed by atoms with van der Waals surface area (Å²) < 4.78 is 5.31. The molecule has 2 aromatic rings. The number of nitrogens with one attached hydrogen (secondary N) is 1. The molecular formula is C20H23NO3. The molecule has 0 saturated heterocycles. The number of ether oxygens (including phenoxy) is 1. The van der Waals surface area contributed by atoms with Crippen molar-refractivity contribution in [1.29, 1.82) is 0 Å². The Morgan fingerprint density at radius 1 is 1.04 bits per heavy atom. The van der Waals surface area contributed by atoms with Gasteiger partial charge in [-0.3, -0.25) is 4.79 Å². The number of rotatable bonds is 5. The van der Waals surface area contributed by atoms with Gasteiger partial charge in [0, 0.05) is 5.69 Å². The molecule has 24 heavy (non-hydrogen) atoms. The Hall–Kier alpha value is -2.62. The van der Waals surface area contributed by atoms with Crippen molar-refractivity contribution in [3.05, 3.63) is 64.7 Å². The smallest absolute Gasteiger partial charge is 0.339 e. The molecule has 0 radical (unpaired) electrons. The topological polar surface area (TPSA) is 55.4 Å². The van der Waals surface area contributed by atoms with Crippen molar-refractivity contribution in [3.8, 4) is 0 Å². The van der Waals surface area contributed by atoms with Gasteiger partial charge in [-0.05, 0) is 49.9 Å². The second-order valence-corrected chi connectivity index (χ2v) is 5.81. The third kappa shape index (κ3) is 4.02. The van der Waals surface area contributed by atoms with Crippen LogP contribution < -0.4 is 5.32 Å². The number of carbonyl (C=O) groups excluding carboxylic acids is 2. The molecular weight excluding hydrogens is 302 g/mol. The highest BCUT2D eigenvalue weighted by atomic mass is 16.5. The number of aryl methyl sites for hydroxylation is 3. The fourth-order valence-corrected chi connectivity index (χ4v) is 2.51. The second-order valence-electron chi connectivity index (χ2n) is 5.81. The fourth-order valence-electron chi connectivity index (χ4n) is 2.51. The molecule has 1 atom stereocenters. The van der Waals surface area contributed by atoms with Crippen LogP contribution in [0, 0.1) is 13.8 Å². The van der Waals surface area contributed by atoms with Gasteiger partial charge in [0.2, 0.25) is 0 Å². The summed E-state index contributed by atoms with van der Waals surface area (Å²) >= 11 is 0. The van der Waals surface area contributed by atoms with E-state index in [0.29, 0.717) is 5.56 Å². The Morgan fingerprint density at radius 3 is 2.38 bits per heavy atom. The molecule has 0 bridgehead atoms. The van der Waals surface area contributed by atoms with Gasteiger partial charge in [0.25, 0.3) is 5.91 Å². The molecule has 0 spiro atoms. The Morgan fingerprint density at radius 2 is 1.71 bits per heavy atom. The maximum Gasteiger partial charge on any atom is 0.339 e. The highest BCUT2D eigenvalue weighted by molar-refractivity contribution is 5.98. The monoisotopic (exact) mass is 325 g/mol. The lowest BCUT2D eigenvalue weighted by molar-refractivity contribution is -0.123. The second kappa shape index (κ2) is 7.77. The van der Waals surface area contributed by atoms with Crippen molar-refractivity contribution in [2.75, 3.05) is 5.32 Å². The molecule has 1 amide bonds. The molecule has 0 aliphatic rings. The van der Waals surface area contributed by atoms with E-state index in [1.54, 1.807) is 19.1 Å². The highest BCUT2D eigenvalue weighted by Crippen LogP contribution is 2.21. The molecule has 0 aromatic heterocycles. The van der Waals surface area contributed by atoms with Crippen molar-refractivity contribution < 1.29 is 14.3 Å². The average molecular weight is 325 g/mol. The van der Waals surface area contributed by atoms with Crippen molar-refractivity contribution in [2.24, 2.45) is 0 Å². The van der Waals surface area contributed by atoms with Gasteiger partial charge >= 0.3 is 5.97 Å². The molecule has 2 aromatic carbocycles. The summed E-state index contributed by atoms with van der Waals surface area (Å²) in [4.78, 5) is 24.6. The number of benzene rings is 2. The largest absolute Gasteiger partial charge is 0.449 e. The van der Waals surface area contributed by atoms with Crippen LogP contribution in [0.1, 0.15) is 40.9 Å². The molecule has 0 fully saturated rings. The lowest BCUT2D eigenvalue weighted by Gasteiger charge is -2.17. The molecule has 126 valence electrons. The van der Waals surface area contributed by atoms with Gasteiger partial charge in [-0.2, -0.15) is 0 Å². The van der Waals surface area contributed by atoms with Crippen LogP contribution in [0.15, 0.2) is 42.5 Å². The van der Waals surface area contributed by atoms with E-state index in [-0.39, 0.29) is 5.91 Å². The Bertz CT molecular complexity index is 752. The minimum atomic E-state index is -0.874. The summed E-state index contributed by atoms with van der Waals surface area (Å²) in [5.74, 6) is -0.822. The first-order chi connectivity index (χ1) is 11.4. The minimum absolute atomic E-state index is 0.332. The van der Waals surface area contributed by atoms with Crippen LogP contribution in [0.2, 0.25) is 0 Å². The summed E-state index contributed by atoms with van der Waals surface area (Å²) in [6.45, 7) is 7.39. The van der Waals surface area contributed by atoms with Crippen LogP contribution >= 0.6 is 0 Å². The zero-order chi connectivity index (χ0) is 17.7. The number of esters is 1. The number of hydrogen-bond acceptors (Lipinski definition) is 3. The maximum atomic E-state index is 12.4. The molecule has 0 saturated carbocycles. The van der Waals surface area contributed by atoms with E-state index in [1.165, 1.54) is 0 Å². The average Bonchev–Trinajstić information content (AvgIpc) is 2.56. The third-order valence-electron chi connectivity index (χ3n) is 4.01. The molecule has 0 aliphatic carbocycles. The van der Waals surface area contributed by atoms with Gasteiger partial charge in [-0.15, -0.1) is 0 Å². The van der Waals surface area contributed by atoms with Gasteiger partial charge in [0.05, 0.1) is 5.56 Å². The van der Waals surface area contributed by atoms with E-state index in [1.807, 2.05) is 51.1 Å². The molecule has 4 nitrogen and oxygen atoms in total. The van der Waals surface area contributed by atoms with Gasteiger partial charge in [-0.1, -0.05) is 43.3 Å². The predicted octanol–water partition coefficient (Wildman–Crippen LogP) is 4.05. The van der Waals surface area contributed by atoms with E-state index in [9.17, 15) is 9.59 Å². The molecule has 1 N–H and O–H groups in total. The SMILES string of the molecule is CCc1cccc(C)c1NC(=O)C(C)OC(=O)c1ccccc1C. The van der Waals surface area contributed by atoms with Crippen molar-refractivity contribution in [2.45, 2.75) is 40.2 Å². The number of carbonyl (C=O) groups is 2. The Balaban J connectivity index is 2.08. The van der Waals surface area contributed by atoms with Crippen LogP contribution in [-0.4, -0.2) is 18.0 Å². The zero-order valence-corrected chi connectivity index (χ0v) is 14.6. The van der Waals surface area contributed by atoms with E-state index >= 15 is 0 Å². The number of anilines is 1. The van der Waals surface area contributed by atoms with Crippen LogP contribution in [0.25, 0.3) is 0 Å². The number of amides is 1. The standard InChI is InChI=1S/C20H23NO3/c1-5-16-11-8-10-14(3)18(16)21-19(22)15(4)24-20(23)17-12-7-6-9-13(17)2/h6-12,15H,5H2,1-4H3,(H,21,22). The Labute approximate surface area is 142 Å². The van der Waals surface area contributed by atoms with Gasteiger partial charge in [0.1, 0.15) is 0 Å². The zero-order valence-electron chi connectivity index (χ0n) is 14.6. The van der Waals surface area contributed by atoms with Crippen molar-refractivity contribution in [1.82, 2.24) is 0 Å². The van der Waals surface area contributed by atoms with Crippen molar-refractivity contribution >= 4 is 17.6 Å². The van der Waals surface area contributed by atoms with Gasteiger partial charge in [-0.25, -0.2) is 4.79 Å². The fraction of sp³-hybridized carbons (Fsp3) is 0.300. The minimum Gasteiger partial charge on any atom is -0.449 e. The number of hydrogen-bond donors (Lipinski definition) is 1. The molecule has 1 unspecified atom stereocenters. The lowest BCUT2D eigenvalue weighted by atomic mass is 10.1. The van der Waals surface area contributed by atoms with Crippen LogP contribution in [0.4, 0.5) is 5.69 Å². The molecule has 4 heteroatoms. The van der Waals surface area contributed by atoms with Crippen molar-refractivity contribution in [3.63, 3.8) is 0 Å². The molecule has 2 rings (SSSR count). The lowest BCUT2D eigenvalue weighted by Crippen LogP contribution is -2.30. The summed E-state index contributed by atoms with van der Waals surface area (Å²) in [5.41, 5.74) is 4.13. The van der Waals surface area contributed by atoms with E-state index < -0.39 is 12.1 Å². The van der Waals surface area contributed by atoms with E-state index in [0.717, 1.165) is 28.8 Å². The quantitative estimate of drug-likeness (QED) is 0.844. The van der Waals surface area contributed by atoms with Crippen LogP contribution in [-0.2, 0) is 16.0 Å². The van der Waals surface area contributed by atoms with E-state index in [2.05, 4.69) is 5.32 Å². The maximum absolute atomic E-state index is 12.4. The third-order valence-corrected chi connectivity index (χ3v) is 4.01. The van der Waals surface area contributed by atoms with Gasteiger partial charge < -0.3 is 10.1 Å². The van der Waals surface area contributed by atoms with Gasteiger partial charge in [0.15, 0.2) is 6.10 Å². The summed E-state index contributed by atoms with van der Waals surface area (Å²) in [6, 6.07) is 13.0. The predicted molar refractivity (Wildman–Crippen MR) is 95.2 cm³/mol. The summed E-state index contributed by atoms with van der Waals surface area (Å²) in [7, 11) is 0. The van der Waals surface area contributed by atoms with Crippen LogP contribution in [0.3, 0.4) is 0 Å². The van der Waals surface area contributed by atoms with E-state index in [4.69, 9.17) is 4.74 Å². The number of para-hydroxylation sites is 1. The van der Waals surface area contributed by atoms with Crippen LogP contribution in [0.5, 0.6) is 0 Å². The first-order valence-electron chi connectivity index (χ1n) is 8.10.